The number of morpholine rings is 1. The third-order valence-corrected chi connectivity index (χ3v) is 3.77. The van der Waals surface area contributed by atoms with Crippen LogP contribution in [0.15, 0.2) is 0 Å². The number of ether oxygens (including phenoxy) is 1. The van der Waals surface area contributed by atoms with E-state index in [2.05, 4.69) is 31.0 Å². The van der Waals surface area contributed by atoms with Crippen LogP contribution in [0.5, 0.6) is 0 Å². The third kappa shape index (κ3) is 3.65. The van der Waals surface area contributed by atoms with Gasteiger partial charge in [0, 0.05) is 25.2 Å². The summed E-state index contributed by atoms with van der Waals surface area (Å²) in [5, 5.41) is 13.2. The lowest BCUT2D eigenvalue weighted by atomic mass is 10.0. The van der Waals surface area contributed by atoms with E-state index >= 15 is 0 Å². The Balaban J connectivity index is 1.91. The molecule has 0 spiro atoms. The number of rotatable bonds is 5. The number of hydrogen-bond donors (Lipinski definition) is 2. The molecule has 4 nitrogen and oxygen atoms in total. The van der Waals surface area contributed by atoms with E-state index in [1.54, 1.807) is 0 Å². The monoisotopic (exact) mass is 242 g/mol. The summed E-state index contributed by atoms with van der Waals surface area (Å²) in [4.78, 5) is 2.43. The van der Waals surface area contributed by atoms with Gasteiger partial charge in [-0.05, 0) is 33.6 Å². The SMILES string of the molecule is CC1CN(CC(C)(CO)NC2CC2)C(C)CO1. The molecule has 1 saturated heterocycles. The summed E-state index contributed by atoms with van der Waals surface area (Å²) in [7, 11) is 0. The molecular weight excluding hydrogens is 216 g/mol. The van der Waals surface area contributed by atoms with E-state index in [-0.39, 0.29) is 12.1 Å². The molecule has 0 radical (unpaired) electrons. The van der Waals surface area contributed by atoms with Crippen LogP contribution in [0.1, 0.15) is 33.6 Å². The van der Waals surface area contributed by atoms with Gasteiger partial charge in [0.2, 0.25) is 0 Å². The second-order valence-corrected chi connectivity index (χ2v) is 6.06. The van der Waals surface area contributed by atoms with Crippen LogP contribution in [0.25, 0.3) is 0 Å². The lowest BCUT2D eigenvalue weighted by molar-refractivity contribution is -0.0606. The normalized spacial score (nSPS) is 34.6. The van der Waals surface area contributed by atoms with Crippen molar-refractivity contribution in [2.75, 3.05) is 26.3 Å². The van der Waals surface area contributed by atoms with Crippen molar-refractivity contribution in [1.82, 2.24) is 10.2 Å². The minimum atomic E-state index is -0.174. The summed E-state index contributed by atoms with van der Waals surface area (Å²) >= 11 is 0. The van der Waals surface area contributed by atoms with Crippen molar-refractivity contribution in [2.24, 2.45) is 0 Å². The van der Waals surface area contributed by atoms with Gasteiger partial charge < -0.3 is 15.2 Å². The van der Waals surface area contributed by atoms with Gasteiger partial charge in [0.25, 0.3) is 0 Å². The van der Waals surface area contributed by atoms with Gasteiger partial charge in [0.1, 0.15) is 0 Å². The fourth-order valence-corrected chi connectivity index (χ4v) is 2.50. The lowest BCUT2D eigenvalue weighted by Gasteiger charge is -2.42. The standard InChI is InChI=1S/C13H26N2O2/c1-10-7-17-11(2)6-15(10)8-13(3,9-16)14-12-4-5-12/h10-12,14,16H,4-9H2,1-3H3. The molecule has 0 aromatic heterocycles. The second kappa shape index (κ2) is 5.22. The van der Waals surface area contributed by atoms with E-state index in [0.717, 1.165) is 19.7 Å². The van der Waals surface area contributed by atoms with Crippen LogP contribution in [-0.4, -0.2) is 60.0 Å². The summed E-state index contributed by atoms with van der Waals surface area (Å²) in [5.41, 5.74) is -0.174. The first-order valence-electron chi connectivity index (χ1n) is 6.76. The molecule has 17 heavy (non-hydrogen) atoms. The molecule has 1 aliphatic carbocycles. The minimum Gasteiger partial charge on any atom is -0.394 e. The van der Waals surface area contributed by atoms with Gasteiger partial charge in [-0.2, -0.15) is 0 Å². The first kappa shape index (κ1) is 13.3. The Morgan fingerprint density at radius 3 is 2.71 bits per heavy atom. The maximum atomic E-state index is 9.62. The maximum Gasteiger partial charge on any atom is 0.0674 e. The molecule has 1 heterocycles. The van der Waals surface area contributed by atoms with Crippen LogP contribution >= 0.6 is 0 Å². The summed E-state index contributed by atoms with van der Waals surface area (Å²) in [6.07, 6.45) is 2.81. The summed E-state index contributed by atoms with van der Waals surface area (Å²) < 4.78 is 5.64. The predicted octanol–water partition coefficient (Wildman–Crippen LogP) is 0.599. The van der Waals surface area contributed by atoms with Crippen molar-refractivity contribution in [2.45, 2.75) is 57.3 Å². The summed E-state index contributed by atoms with van der Waals surface area (Å²) in [6, 6.07) is 1.07. The van der Waals surface area contributed by atoms with Gasteiger partial charge in [-0.1, -0.05) is 0 Å². The number of nitrogens with one attached hydrogen (secondary N) is 1. The van der Waals surface area contributed by atoms with Gasteiger partial charge in [-0.15, -0.1) is 0 Å². The Kier molecular flexibility index (Phi) is 4.08. The molecule has 3 unspecified atom stereocenters. The first-order chi connectivity index (χ1) is 8.02. The molecule has 2 N–H and O–H groups in total. The summed E-state index contributed by atoms with van der Waals surface area (Å²) in [5.74, 6) is 0. The van der Waals surface area contributed by atoms with Gasteiger partial charge in [-0.25, -0.2) is 0 Å². The molecule has 100 valence electrons. The van der Waals surface area contributed by atoms with Crippen LogP contribution in [0.3, 0.4) is 0 Å². The molecule has 3 atom stereocenters. The average Bonchev–Trinajstić information content (AvgIpc) is 3.07. The Labute approximate surface area is 104 Å². The predicted molar refractivity (Wildman–Crippen MR) is 68.1 cm³/mol. The molecule has 1 saturated carbocycles. The Morgan fingerprint density at radius 1 is 1.41 bits per heavy atom. The van der Waals surface area contributed by atoms with Crippen molar-refractivity contribution >= 4 is 0 Å². The topological polar surface area (TPSA) is 44.7 Å². The maximum absolute atomic E-state index is 9.62. The number of aliphatic hydroxyl groups is 1. The molecule has 4 heteroatoms. The summed E-state index contributed by atoms with van der Waals surface area (Å²) in [6.45, 7) is 9.29. The van der Waals surface area contributed by atoms with Gasteiger partial charge in [0.05, 0.1) is 24.9 Å². The Bertz CT molecular complexity index is 258. The highest BCUT2D eigenvalue weighted by atomic mass is 16.5. The van der Waals surface area contributed by atoms with E-state index in [4.69, 9.17) is 4.74 Å². The van der Waals surface area contributed by atoms with Crippen LogP contribution in [-0.2, 0) is 4.74 Å². The van der Waals surface area contributed by atoms with Crippen LogP contribution in [0, 0.1) is 0 Å². The first-order valence-corrected chi connectivity index (χ1v) is 6.76. The highest BCUT2D eigenvalue weighted by molar-refractivity contribution is 4.95. The van der Waals surface area contributed by atoms with Crippen molar-refractivity contribution in [3.63, 3.8) is 0 Å². The quantitative estimate of drug-likeness (QED) is 0.741. The molecule has 0 aromatic rings. The highest BCUT2D eigenvalue weighted by Crippen LogP contribution is 2.24. The number of hydrogen-bond acceptors (Lipinski definition) is 4. The number of nitrogens with zero attached hydrogens (tertiary/aromatic N) is 1. The molecule has 0 bridgehead atoms. The van der Waals surface area contributed by atoms with Crippen molar-refractivity contribution < 1.29 is 9.84 Å². The van der Waals surface area contributed by atoms with E-state index in [0.29, 0.717) is 18.2 Å². The molecule has 2 rings (SSSR count). The van der Waals surface area contributed by atoms with E-state index in [1.807, 2.05) is 0 Å². The van der Waals surface area contributed by atoms with E-state index in [9.17, 15) is 5.11 Å². The molecule has 0 amide bonds. The zero-order chi connectivity index (χ0) is 12.5. The van der Waals surface area contributed by atoms with Crippen LogP contribution in [0.2, 0.25) is 0 Å². The highest BCUT2D eigenvalue weighted by Gasteiger charge is 2.35. The van der Waals surface area contributed by atoms with Crippen molar-refractivity contribution in [1.29, 1.82) is 0 Å². The zero-order valence-electron chi connectivity index (χ0n) is 11.3. The van der Waals surface area contributed by atoms with E-state index < -0.39 is 0 Å². The van der Waals surface area contributed by atoms with Crippen LogP contribution in [0.4, 0.5) is 0 Å². The van der Waals surface area contributed by atoms with Gasteiger partial charge in [0.15, 0.2) is 0 Å². The molecule has 0 aromatic carbocycles. The molecule has 1 aliphatic heterocycles. The van der Waals surface area contributed by atoms with Gasteiger partial charge >= 0.3 is 0 Å². The molecule has 2 aliphatic rings. The lowest BCUT2D eigenvalue weighted by Crippen LogP contribution is -2.59. The van der Waals surface area contributed by atoms with Crippen LogP contribution < -0.4 is 5.32 Å². The molecular formula is C13H26N2O2. The van der Waals surface area contributed by atoms with E-state index in [1.165, 1.54) is 12.8 Å². The molecule has 2 fully saturated rings. The Morgan fingerprint density at radius 2 is 2.12 bits per heavy atom. The van der Waals surface area contributed by atoms with Crippen molar-refractivity contribution in [3.05, 3.63) is 0 Å². The fraction of sp³-hybridized carbons (Fsp3) is 1.00. The average molecular weight is 242 g/mol. The smallest absolute Gasteiger partial charge is 0.0674 e. The Hall–Kier alpha value is -0.160. The second-order valence-electron chi connectivity index (χ2n) is 6.06. The van der Waals surface area contributed by atoms with Gasteiger partial charge in [-0.3, -0.25) is 4.90 Å². The third-order valence-electron chi connectivity index (χ3n) is 3.77. The fourth-order valence-electron chi connectivity index (χ4n) is 2.50. The minimum absolute atomic E-state index is 0.174. The largest absolute Gasteiger partial charge is 0.394 e. The zero-order valence-corrected chi connectivity index (χ0v) is 11.3. The van der Waals surface area contributed by atoms with Crippen molar-refractivity contribution in [3.8, 4) is 0 Å². The number of aliphatic hydroxyl groups excluding tert-OH is 1.